The third kappa shape index (κ3) is 3.66. The molecule has 10 heteroatoms. The number of halogens is 1. The van der Waals surface area contributed by atoms with Crippen molar-refractivity contribution in [1.29, 1.82) is 0 Å². The second-order valence-electron chi connectivity index (χ2n) is 11.0. The Hall–Kier alpha value is -2.49. The highest BCUT2D eigenvalue weighted by Crippen LogP contribution is 2.48. The van der Waals surface area contributed by atoms with Gasteiger partial charge >= 0.3 is 0 Å². The molecule has 9 nitrogen and oxygen atoms in total. The lowest BCUT2D eigenvalue weighted by atomic mass is 9.73. The lowest BCUT2D eigenvalue weighted by Crippen LogP contribution is -2.49. The van der Waals surface area contributed by atoms with Crippen molar-refractivity contribution in [1.82, 2.24) is 14.5 Å². The molecule has 1 spiro atoms. The van der Waals surface area contributed by atoms with E-state index in [2.05, 4.69) is 16.8 Å². The number of nitrogens with two attached hydrogens (primary N) is 1. The summed E-state index contributed by atoms with van der Waals surface area (Å²) in [7, 11) is 1.79. The molecule has 3 N–H and O–H groups in total. The smallest absolute Gasteiger partial charge is 0.264 e. The number of aromatic nitrogens is 3. The van der Waals surface area contributed by atoms with Gasteiger partial charge < -0.3 is 20.6 Å². The Morgan fingerprint density at radius 1 is 1.17 bits per heavy atom. The number of fused-ring (bicyclic) bond motifs is 1. The van der Waals surface area contributed by atoms with Gasteiger partial charge in [-0.1, -0.05) is 18.5 Å². The van der Waals surface area contributed by atoms with E-state index in [9.17, 15) is 9.90 Å². The highest BCUT2D eigenvalue weighted by atomic mass is 35.5. The number of aliphatic imine (C=N–C) groups is 1. The van der Waals surface area contributed by atoms with Crippen LogP contribution >= 0.6 is 11.6 Å². The summed E-state index contributed by atoms with van der Waals surface area (Å²) in [6, 6.07) is 2.06. The monoisotopic (exact) mass is 511 g/mol. The first-order valence-electron chi connectivity index (χ1n) is 13.0. The summed E-state index contributed by atoms with van der Waals surface area (Å²) in [4.78, 5) is 32.0. The van der Waals surface area contributed by atoms with Crippen LogP contribution in [0.25, 0.3) is 0 Å². The molecule has 36 heavy (non-hydrogen) atoms. The van der Waals surface area contributed by atoms with Crippen LogP contribution in [0.15, 0.2) is 22.1 Å². The Bertz CT molecular complexity index is 1280. The Kier molecular flexibility index (Phi) is 5.85. The van der Waals surface area contributed by atoms with E-state index in [0.29, 0.717) is 71.3 Å². The Balaban J connectivity index is 1.29. The first-order valence-corrected chi connectivity index (χ1v) is 13.4. The normalized spacial score (nSPS) is 27.1. The summed E-state index contributed by atoms with van der Waals surface area (Å²) in [5, 5.41) is 10.4. The van der Waals surface area contributed by atoms with Crippen LogP contribution in [-0.2, 0) is 13.6 Å². The van der Waals surface area contributed by atoms with E-state index in [4.69, 9.17) is 27.3 Å². The number of pyridine rings is 1. The standard InChI is InChI=1S/C26H34ClN7O2/c1-15-3-6-26(22(15)28)7-11-33(12-8-26)25-31-18-13-30-21(19(18)24(36)32(25)2)17-4-9-29-23(20(17)27)34-10-5-16(35)14-34/h4,9,15-16,22,35H,3,5-8,10-14,28H2,1-2H3/t15-,16-,22-/m1/s1. The molecule has 3 fully saturated rings. The predicted molar refractivity (Wildman–Crippen MR) is 141 cm³/mol. The van der Waals surface area contributed by atoms with E-state index in [1.807, 2.05) is 4.90 Å². The van der Waals surface area contributed by atoms with Gasteiger partial charge in [-0.25, -0.2) is 9.97 Å². The Labute approximate surface area is 216 Å². The number of piperidine rings is 1. The van der Waals surface area contributed by atoms with Gasteiger partial charge in [-0.05, 0) is 49.5 Å². The molecule has 5 heterocycles. The van der Waals surface area contributed by atoms with Crippen LogP contribution in [-0.4, -0.2) is 63.7 Å². The van der Waals surface area contributed by atoms with E-state index in [0.717, 1.165) is 25.9 Å². The second-order valence-corrected chi connectivity index (χ2v) is 11.4. The molecule has 2 aromatic rings. The number of anilines is 2. The number of aliphatic hydroxyl groups excluding tert-OH is 1. The van der Waals surface area contributed by atoms with Crippen molar-refractivity contribution < 1.29 is 5.11 Å². The maximum Gasteiger partial charge on any atom is 0.264 e. The molecule has 2 aromatic heterocycles. The maximum atomic E-state index is 13.6. The van der Waals surface area contributed by atoms with Crippen molar-refractivity contribution in [3.05, 3.63) is 44.5 Å². The van der Waals surface area contributed by atoms with Crippen molar-refractivity contribution >= 4 is 29.1 Å². The van der Waals surface area contributed by atoms with Crippen LogP contribution in [0.3, 0.4) is 0 Å². The summed E-state index contributed by atoms with van der Waals surface area (Å²) >= 11 is 6.80. The zero-order chi connectivity index (χ0) is 25.2. The van der Waals surface area contributed by atoms with Crippen LogP contribution in [0, 0.1) is 11.3 Å². The third-order valence-electron chi connectivity index (χ3n) is 9.01. The quantitative estimate of drug-likeness (QED) is 0.648. The predicted octanol–water partition coefficient (Wildman–Crippen LogP) is 2.09. The molecule has 192 valence electrons. The van der Waals surface area contributed by atoms with Crippen LogP contribution in [0.2, 0.25) is 5.02 Å². The van der Waals surface area contributed by atoms with E-state index in [-0.39, 0.29) is 23.1 Å². The third-order valence-corrected chi connectivity index (χ3v) is 9.39. The average Bonchev–Trinajstić information content (AvgIpc) is 3.57. The number of aliphatic hydroxyl groups is 1. The minimum Gasteiger partial charge on any atom is -0.391 e. The van der Waals surface area contributed by atoms with E-state index < -0.39 is 0 Å². The van der Waals surface area contributed by atoms with Gasteiger partial charge in [0.05, 0.1) is 34.6 Å². The van der Waals surface area contributed by atoms with Crippen molar-refractivity contribution in [3.63, 3.8) is 0 Å². The van der Waals surface area contributed by atoms with Gasteiger partial charge in [0.1, 0.15) is 5.82 Å². The van der Waals surface area contributed by atoms with Crippen LogP contribution < -0.4 is 21.1 Å². The molecule has 0 aromatic carbocycles. The van der Waals surface area contributed by atoms with Crippen molar-refractivity contribution in [2.75, 3.05) is 36.0 Å². The van der Waals surface area contributed by atoms with Gasteiger partial charge in [0.2, 0.25) is 5.95 Å². The molecular weight excluding hydrogens is 478 g/mol. The van der Waals surface area contributed by atoms with Crippen LogP contribution in [0.5, 0.6) is 0 Å². The van der Waals surface area contributed by atoms with Crippen molar-refractivity contribution in [3.8, 4) is 0 Å². The second kappa shape index (κ2) is 8.82. The fourth-order valence-corrected chi connectivity index (χ4v) is 7.01. The molecule has 3 atom stereocenters. The topological polar surface area (TPSA) is 113 Å². The highest BCUT2D eigenvalue weighted by Gasteiger charge is 2.46. The van der Waals surface area contributed by atoms with Gasteiger partial charge in [-0.15, -0.1) is 0 Å². The number of β-amino-alcohol motifs (C(OH)–C–C–N with tert-alkyl or cyclic N) is 1. The molecule has 0 unspecified atom stereocenters. The number of hydrogen-bond donors (Lipinski definition) is 2. The minimum atomic E-state index is -0.386. The average molecular weight is 512 g/mol. The lowest BCUT2D eigenvalue weighted by molar-refractivity contribution is 0.185. The van der Waals surface area contributed by atoms with Crippen LogP contribution in [0.1, 0.15) is 55.8 Å². The lowest BCUT2D eigenvalue weighted by Gasteiger charge is -2.43. The van der Waals surface area contributed by atoms with Gasteiger partial charge in [0, 0.05) is 51.0 Å². The summed E-state index contributed by atoms with van der Waals surface area (Å²) in [5.41, 5.74) is 9.18. The van der Waals surface area contributed by atoms with Gasteiger partial charge in [-0.3, -0.25) is 14.4 Å². The summed E-state index contributed by atoms with van der Waals surface area (Å²) < 4.78 is 1.65. The molecule has 0 radical (unpaired) electrons. The van der Waals surface area contributed by atoms with Gasteiger partial charge in [0.25, 0.3) is 5.56 Å². The summed E-state index contributed by atoms with van der Waals surface area (Å²) in [6.45, 7) is 5.51. The van der Waals surface area contributed by atoms with Gasteiger partial charge in [-0.2, -0.15) is 0 Å². The molecule has 6 rings (SSSR count). The summed E-state index contributed by atoms with van der Waals surface area (Å²) in [6.07, 6.45) is 6.45. The zero-order valence-corrected chi connectivity index (χ0v) is 21.7. The van der Waals surface area contributed by atoms with E-state index >= 15 is 0 Å². The zero-order valence-electron chi connectivity index (χ0n) is 21.0. The maximum absolute atomic E-state index is 13.6. The fourth-order valence-electron chi connectivity index (χ4n) is 6.69. The molecule has 2 saturated heterocycles. The first-order chi connectivity index (χ1) is 17.3. The highest BCUT2D eigenvalue weighted by molar-refractivity contribution is 6.37. The minimum absolute atomic E-state index is 0.108. The number of nitrogens with zero attached hydrogens (tertiary/aromatic N) is 6. The first kappa shape index (κ1) is 23.9. The Morgan fingerprint density at radius 3 is 2.61 bits per heavy atom. The molecule has 0 bridgehead atoms. The van der Waals surface area contributed by atoms with E-state index in [1.54, 1.807) is 23.9 Å². The SMILES string of the molecule is C[C@@H]1CCC2(CCN(c3nc4c(c(=O)n3C)C(c3ccnc(N5CC[C@@H](O)C5)c3Cl)=NC4)CC2)[C@@H]1N. The van der Waals surface area contributed by atoms with E-state index in [1.165, 1.54) is 12.8 Å². The fraction of sp³-hybridized carbons (Fsp3) is 0.615. The molecule has 0 amide bonds. The molecule has 1 saturated carbocycles. The van der Waals surface area contributed by atoms with Gasteiger partial charge in [0.15, 0.2) is 0 Å². The van der Waals surface area contributed by atoms with Crippen molar-refractivity contribution in [2.45, 2.75) is 57.7 Å². The Morgan fingerprint density at radius 2 is 1.94 bits per heavy atom. The number of rotatable bonds is 3. The van der Waals surface area contributed by atoms with Crippen molar-refractivity contribution in [2.24, 2.45) is 29.1 Å². The molecule has 3 aliphatic heterocycles. The molecule has 1 aliphatic carbocycles. The molecule has 4 aliphatic rings. The van der Waals surface area contributed by atoms with Crippen LogP contribution in [0.4, 0.5) is 11.8 Å². The molecular formula is C26H34ClN7O2. The largest absolute Gasteiger partial charge is 0.391 e. The summed E-state index contributed by atoms with van der Waals surface area (Å²) in [5.74, 6) is 1.90. The number of hydrogen-bond acceptors (Lipinski definition) is 8.